The number of fused-ring (bicyclic) bond motifs is 2. The van der Waals surface area contributed by atoms with E-state index in [0.29, 0.717) is 6.54 Å². The second-order valence-electron chi connectivity index (χ2n) is 5.48. The molecule has 2 aromatic rings. The van der Waals surface area contributed by atoms with Crippen LogP contribution in [0.1, 0.15) is 17.0 Å². The number of nitrogens with one attached hydrogen (secondary N) is 1. The van der Waals surface area contributed by atoms with Crippen LogP contribution in [0, 0.1) is 5.95 Å². The van der Waals surface area contributed by atoms with Gasteiger partial charge in [-0.05, 0) is 17.2 Å². The minimum absolute atomic E-state index is 0.412. The Bertz CT molecular complexity index is 698. The molecule has 0 atom stereocenters. The fourth-order valence-corrected chi connectivity index (χ4v) is 3.06. The Labute approximate surface area is 122 Å². The fourth-order valence-electron chi connectivity index (χ4n) is 3.06. The second kappa shape index (κ2) is 5.00. The number of imidazole rings is 1. The number of halogens is 1. The van der Waals surface area contributed by atoms with Crippen molar-refractivity contribution < 1.29 is 4.39 Å². The molecular formula is C16H17FN4. The molecule has 0 radical (unpaired) electrons. The van der Waals surface area contributed by atoms with Crippen LogP contribution in [0.3, 0.4) is 0 Å². The highest BCUT2D eigenvalue weighted by Gasteiger charge is 2.23. The molecule has 108 valence electrons. The summed E-state index contributed by atoms with van der Waals surface area (Å²) in [5, 5.41) is 3.35. The molecule has 1 saturated heterocycles. The summed E-state index contributed by atoms with van der Waals surface area (Å²) < 4.78 is 15.6. The van der Waals surface area contributed by atoms with Crippen molar-refractivity contribution in [1.29, 1.82) is 0 Å². The molecule has 2 aliphatic rings. The minimum Gasteiger partial charge on any atom is -0.366 e. The molecule has 1 aromatic carbocycles. The van der Waals surface area contributed by atoms with Crippen molar-refractivity contribution in [2.75, 3.05) is 26.2 Å². The molecule has 21 heavy (non-hydrogen) atoms. The van der Waals surface area contributed by atoms with Crippen LogP contribution >= 0.6 is 0 Å². The molecule has 0 saturated carbocycles. The summed E-state index contributed by atoms with van der Waals surface area (Å²) in [6.07, 6.45) is 3.64. The Morgan fingerprint density at radius 1 is 1.14 bits per heavy atom. The summed E-state index contributed by atoms with van der Waals surface area (Å²) >= 11 is 0. The molecule has 1 N–H and O–H groups in total. The van der Waals surface area contributed by atoms with E-state index in [9.17, 15) is 4.39 Å². The van der Waals surface area contributed by atoms with Gasteiger partial charge in [0.25, 0.3) is 0 Å². The Balaban J connectivity index is 1.86. The van der Waals surface area contributed by atoms with E-state index in [1.165, 1.54) is 17.3 Å². The van der Waals surface area contributed by atoms with Crippen molar-refractivity contribution in [1.82, 2.24) is 19.8 Å². The number of rotatable bonds is 1. The lowest BCUT2D eigenvalue weighted by Gasteiger charge is -2.31. The van der Waals surface area contributed by atoms with E-state index >= 15 is 0 Å². The van der Waals surface area contributed by atoms with Gasteiger partial charge in [-0.2, -0.15) is 9.37 Å². The lowest BCUT2D eigenvalue weighted by Crippen LogP contribution is -2.42. The summed E-state index contributed by atoms with van der Waals surface area (Å²) in [5.41, 5.74) is 3.41. The SMILES string of the molecule is Fc1cn2c(n1)C(N1CCNCC1)=Cc1ccccc1C2. The predicted molar refractivity (Wildman–Crippen MR) is 80.0 cm³/mol. The molecule has 4 nitrogen and oxygen atoms in total. The summed E-state index contributed by atoms with van der Waals surface area (Å²) in [5.74, 6) is 0.316. The normalized spacial score (nSPS) is 17.8. The van der Waals surface area contributed by atoms with Gasteiger partial charge in [-0.1, -0.05) is 24.3 Å². The molecule has 2 aliphatic heterocycles. The molecule has 0 aliphatic carbocycles. The maximum absolute atomic E-state index is 13.6. The van der Waals surface area contributed by atoms with Gasteiger partial charge in [-0.3, -0.25) is 0 Å². The van der Waals surface area contributed by atoms with Gasteiger partial charge in [0.15, 0.2) is 5.82 Å². The zero-order chi connectivity index (χ0) is 14.2. The van der Waals surface area contributed by atoms with Gasteiger partial charge in [-0.15, -0.1) is 0 Å². The summed E-state index contributed by atoms with van der Waals surface area (Å²) in [6, 6.07) is 8.27. The van der Waals surface area contributed by atoms with Crippen LogP contribution in [-0.2, 0) is 6.54 Å². The monoisotopic (exact) mass is 284 g/mol. The molecule has 4 rings (SSSR count). The topological polar surface area (TPSA) is 33.1 Å². The van der Waals surface area contributed by atoms with E-state index in [2.05, 4.69) is 33.4 Å². The van der Waals surface area contributed by atoms with Gasteiger partial charge < -0.3 is 14.8 Å². The average Bonchev–Trinajstić information content (AvgIpc) is 2.80. The third kappa shape index (κ3) is 2.23. The Morgan fingerprint density at radius 3 is 2.81 bits per heavy atom. The van der Waals surface area contributed by atoms with Crippen molar-refractivity contribution in [3.05, 3.63) is 53.4 Å². The average molecular weight is 284 g/mol. The van der Waals surface area contributed by atoms with Crippen molar-refractivity contribution >= 4 is 11.8 Å². The van der Waals surface area contributed by atoms with Crippen LogP contribution < -0.4 is 5.32 Å². The number of nitrogens with zero attached hydrogens (tertiary/aromatic N) is 3. The van der Waals surface area contributed by atoms with E-state index in [0.717, 1.165) is 37.7 Å². The number of hydrogen-bond donors (Lipinski definition) is 1. The minimum atomic E-state index is -0.412. The van der Waals surface area contributed by atoms with Crippen molar-refractivity contribution in [2.24, 2.45) is 0 Å². The lowest BCUT2D eigenvalue weighted by atomic mass is 10.1. The number of aromatic nitrogens is 2. The van der Waals surface area contributed by atoms with Crippen LogP contribution in [0.25, 0.3) is 11.8 Å². The standard InChI is InChI=1S/C16H17FN4/c17-15-11-21-10-13-4-2-1-3-12(13)9-14(16(21)19-15)20-7-5-18-6-8-20/h1-4,9,11,18H,5-8,10H2. The number of benzene rings is 1. The molecule has 0 bridgehead atoms. The van der Waals surface area contributed by atoms with Crippen LogP contribution in [0.4, 0.5) is 4.39 Å². The van der Waals surface area contributed by atoms with Gasteiger partial charge in [0.1, 0.15) is 0 Å². The Hall–Kier alpha value is -2.14. The molecule has 3 heterocycles. The second-order valence-corrected chi connectivity index (χ2v) is 5.48. The highest BCUT2D eigenvalue weighted by Crippen LogP contribution is 2.28. The molecular weight excluding hydrogens is 267 g/mol. The molecule has 0 spiro atoms. The quantitative estimate of drug-likeness (QED) is 0.866. The van der Waals surface area contributed by atoms with Gasteiger partial charge in [-0.25, -0.2) is 0 Å². The van der Waals surface area contributed by atoms with Crippen LogP contribution in [0.15, 0.2) is 30.5 Å². The first-order chi connectivity index (χ1) is 10.3. The Kier molecular flexibility index (Phi) is 3.00. The zero-order valence-corrected chi connectivity index (χ0v) is 11.7. The van der Waals surface area contributed by atoms with E-state index in [4.69, 9.17) is 0 Å². The van der Waals surface area contributed by atoms with E-state index in [-0.39, 0.29) is 0 Å². The third-order valence-electron chi connectivity index (χ3n) is 4.12. The lowest BCUT2D eigenvalue weighted by molar-refractivity contribution is 0.339. The third-order valence-corrected chi connectivity index (χ3v) is 4.12. The molecule has 1 fully saturated rings. The summed E-state index contributed by atoms with van der Waals surface area (Å²) in [4.78, 5) is 6.41. The predicted octanol–water partition coefficient (Wildman–Crippen LogP) is 1.79. The number of piperazine rings is 1. The fraction of sp³-hybridized carbons (Fsp3) is 0.312. The van der Waals surface area contributed by atoms with Crippen molar-refractivity contribution in [3.63, 3.8) is 0 Å². The maximum atomic E-state index is 13.6. The number of hydrogen-bond acceptors (Lipinski definition) is 3. The molecule has 0 unspecified atom stereocenters. The first kappa shape index (κ1) is 12.6. The summed E-state index contributed by atoms with van der Waals surface area (Å²) in [7, 11) is 0. The first-order valence-corrected chi connectivity index (χ1v) is 7.29. The smallest absolute Gasteiger partial charge is 0.231 e. The maximum Gasteiger partial charge on any atom is 0.231 e. The zero-order valence-electron chi connectivity index (χ0n) is 11.7. The van der Waals surface area contributed by atoms with Crippen molar-refractivity contribution in [2.45, 2.75) is 6.54 Å². The Morgan fingerprint density at radius 2 is 1.95 bits per heavy atom. The largest absolute Gasteiger partial charge is 0.366 e. The van der Waals surface area contributed by atoms with Crippen LogP contribution in [0.2, 0.25) is 0 Å². The molecule has 5 heteroatoms. The first-order valence-electron chi connectivity index (χ1n) is 7.29. The van der Waals surface area contributed by atoms with Gasteiger partial charge in [0.2, 0.25) is 5.95 Å². The van der Waals surface area contributed by atoms with Crippen LogP contribution in [-0.4, -0.2) is 40.6 Å². The van der Waals surface area contributed by atoms with E-state index in [1.54, 1.807) is 0 Å². The molecule has 0 amide bonds. The van der Waals surface area contributed by atoms with Crippen molar-refractivity contribution in [3.8, 4) is 0 Å². The van der Waals surface area contributed by atoms with Gasteiger partial charge in [0.05, 0.1) is 11.9 Å². The van der Waals surface area contributed by atoms with E-state index in [1.807, 2.05) is 16.7 Å². The van der Waals surface area contributed by atoms with Crippen LogP contribution in [0.5, 0.6) is 0 Å². The summed E-state index contributed by atoms with van der Waals surface area (Å²) in [6.45, 7) is 4.39. The molecule has 1 aromatic heterocycles. The van der Waals surface area contributed by atoms with E-state index < -0.39 is 5.95 Å². The van der Waals surface area contributed by atoms with Gasteiger partial charge in [0, 0.05) is 32.7 Å². The highest BCUT2D eigenvalue weighted by atomic mass is 19.1. The highest BCUT2D eigenvalue weighted by molar-refractivity contribution is 5.80. The van der Waals surface area contributed by atoms with Gasteiger partial charge >= 0.3 is 0 Å².